The lowest BCUT2D eigenvalue weighted by molar-refractivity contribution is -0.107. The van der Waals surface area contributed by atoms with E-state index in [1.54, 1.807) is 0 Å². The molecule has 0 saturated heterocycles. The summed E-state index contributed by atoms with van der Waals surface area (Å²) < 4.78 is 6.55. The number of hydrogen-bond donors (Lipinski definition) is 0. The second-order valence-corrected chi connectivity index (χ2v) is 4.21. The average molecular weight is 257 g/mol. The number of halogens is 1. The van der Waals surface area contributed by atoms with Crippen LogP contribution in [-0.2, 0) is 11.2 Å². The van der Waals surface area contributed by atoms with Crippen molar-refractivity contribution >= 4 is 22.2 Å². The number of carbonyl (C=O) groups is 1. The molecule has 76 valence electrons. The van der Waals surface area contributed by atoms with Gasteiger partial charge in [-0.15, -0.1) is 0 Å². The molecule has 14 heavy (non-hydrogen) atoms. The van der Waals surface area contributed by atoms with E-state index in [-0.39, 0.29) is 6.10 Å². The van der Waals surface area contributed by atoms with Crippen LogP contribution in [0.2, 0.25) is 0 Å². The van der Waals surface area contributed by atoms with E-state index in [4.69, 9.17) is 4.74 Å². The van der Waals surface area contributed by atoms with Crippen LogP contribution in [0.5, 0.6) is 5.75 Å². The first kappa shape index (κ1) is 11.2. The molecule has 0 bridgehead atoms. The van der Waals surface area contributed by atoms with Gasteiger partial charge < -0.3 is 9.53 Å². The molecule has 0 aliphatic carbocycles. The predicted molar refractivity (Wildman–Crippen MR) is 59.7 cm³/mol. The van der Waals surface area contributed by atoms with Crippen LogP contribution in [0.4, 0.5) is 0 Å². The van der Waals surface area contributed by atoms with E-state index in [2.05, 4.69) is 15.9 Å². The van der Waals surface area contributed by atoms with E-state index < -0.39 is 0 Å². The lowest BCUT2D eigenvalue weighted by Crippen LogP contribution is -2.07. The van der Waals surface area contributed by atoms with Crippen molar-refractivity contribution < 1.29 is 9.53 Å². The van der Waals surface area contributed by atoms with Gasteiger partial charge in [0.25, 0.3) is 0 Å². The molecule has 1 rings (SSSR count). The summed E-state index contributed by atoms with van der Waals surface area (Å²) >= 11 is 3.37. The largest absolute Gasteiger partial charge is 0.491 e. The van der Waals surface area contributed by atoms with Crippen LogP contribution in [0.15, 0.2) is 22.7 Å². The molecule has 1 aromatic carbocycles. The van der Waals surface area contributed by atoms with Gasteiger partial charge in [-0.3, -0.25) is 0 Å². The summed E-state index contributed by atoms with van der Waals surface area (Å²) in [6.45, 7) is 3.93. The molecule has 0 heterocycles. The minimum absolute atomic E-state index is 0.120. The Bertz CT molecular complexity index is 321. The molecule has 0 saturated carbocycles. The molecule has 2 nitrogen and oxygen atoms in total. The maximum Gasteiger partial charge on any atom is 0.124 e. The monoisotopic (exact) mass is 256 g/mol. The van der Waals surface area contributed by atoms with Gasteiger partial charge in [0.1, 0.15) is 12.0 Å². The Labute approximate surface area is 92.4 Å². The van der Waals surface area contributed by atoms with Gasteiger partial charge >= 0.3 is 0 Å². The molecule has 0 N–H and O–H groups in total. The Morgan fingerprint density at radius 2 is 2.21 bits per heavy atom. The topological polar surface area (TPSA) is 26.3 Å². The number of carbonyl (C=O) groups excluding carboxylic acids is 1. The predicted octanol–water partition coefficient (Wildman–Crippen LogP) is 2.98. The zero-order valence-corrected chi connectivity index (χ0v) is 9.87. The second-order valence-electron chi connectivity index (χ2n) is 3.29. The molecule has 0 atom stereocenters. The fourth-order valence-corrected chi connectivity index (χ4v) is 1.49. The summed E-state index contributed by atoms with van der Waals surface area (Å²) in [4.78, 5) is 10.4. The van der Waals surface area contributed by atoms with E-state index in [9.17, 15) is 4.79 Å². The van der Waals surface area contributed by atoms with Gasteiger partial charge in [-0.1, -0.05) is 22.0 Å². The van der Waals surface area contributed by atoms with Crippen LogP contribution in [0.25, 0.3) is 0 Å². The zero-order valence-electron chi connectivity index (χ0n) is 8.29. The molecule has 0 aliphatic rings. The molecule has 0 unspecified atom stereocenters. The third-order valence-electron chi connectivity index (χ3n) is 1.70. The summed E-state index contributed by atoms with van der Waals surface area (Å²) in [5.41, 5.74) is 0.928. The Hall–Kier alpha value is -0.830. The third kappa shape index (κ3) is 3.14. The Balaban J connectivity index is 2.96. The van der Waals surface area contributed by atoms with Crippen molar-refractivity contribution in [2.75, 3.05) is 0 Å². The third-order valence-corrected chi connectivity index (χ3v) is 2.19. The molecule has 1 aromatic rings. The van der Waals surface area contributed by atoms with E-state index in [0.29, 0.717) is 6.42 Å². The maximum absolute atomic E-state index is 10.4. The van der Waals surface area contributed by atoms with Gasteiger partial charge in [-0.2, -0.15) is 0 Å². The normalized spacial score (nSPS) is 10.3. The number of aldehydes is 1. The molecule has 0 radical (unpaired) electrons. The summed E-state index contributed by atoms with van der Waals surface area (Å²) in [5, 5.41) is 0. The van der Waals surface area contributed by atoms with Crippen molar-refractivity contribution in [1.29, 1.82) is 0 Å². The molecule has 0 amide bonds. The maximum atomic E-state index is 10.4. The van der Waals surface area contributed by atoms with E-state index in [1.807, 2.05) is 32.0 Å². The first-order chi connectivity index (χ1) is 6.63. The van der Waals surface area contributed by atoms with Gasteiger partial charge in [0.15, 0.2) is 0 Å². The van der Waals surface area contributed by atoms with E-state index >= 15 is 0 Å². The highest BCUT2D eigenvalue weighted by molar-refractivity contribution is 9.10. The summed E-state index contributed by atoms with van der Waals surface area (Å²) in [7, 11) is 0. The summed E-state index contributed by atoms with van der Waals surface area (Å²) in [6.07, 6.45) is 1.40. The van der Waals surface area contributed by atoms with Gasteiger partial charge in [-0.25, -0.2) is 0 Å². The van der Waals surface area contributed by atoms with Gasteiger partial charge in [-0.05, 0) is 26.0 Å². The summed E-state index contributed by atoms with van der Waals surface area (Å²) in [5.74, 6) is 0.779. The smallest absolute Gasteiger partial charge is 0.124 e. The fourth-order valence-electron chi connectivity index (χ4n) is 1.15. The second kappa shape index (κ2) is 5.15. The number of hydrogen-bond acceptors (Lipinski definition) is 2. The molecule has 0 aromatic heterocycles. The van der Waals surface area contributed by atoms with Gasteiger partial charge in [0, 0.05) is 16.5 Å². The summed E-state index contributed by atoms with van der Waals surface area (Å²) in [6, 6.07) is 5.70. The Morgan fingerprint density at radius 1 is 1.50 bits per heavy atom. The number of rotatable bonds is 4. The molecule has 3 heteroatoms. The molecule has 0 spiro atoms. The standard InChI is InChI=1S/C11H13BrO2/c1-8(2)14-11-7-10(12)4-3-9(11)5-6-13/h3-4,6-8H,5H2,1-2H3. The van der Waals surface area contributed by atoms with Crippen molar-refractivity contribution in [2.45, 2.75) is 26.4 Å². The Morgan fingerprint density at radius 3 is 2.79 bits per heavy atom. The van der Waals surface area contributed by atoms with Crippen LogP contribution in [0, 0.1) is 0 Å². The molecule has 0 fully saturated rings. The lowest BCUT2D eigenvalue weighted by atomic mass is 10.1. The molecular weight excluding hydrogens is 244 g/mol. The zero-order chi connectivity index (χ0) is 10.6. The first-order valence-corrected chi connectivity index (χ1v) is 5.31. The van der Waals surface area contributed by atoms with Crippen molar-refractivity contribution in [3.63, 3.8) is 0 Å². The van der Waals surface area contributed by atoms with Gasteiger partial charge in [0.05, 0.1) is 6.10 Å². The van der Waals surface area contributed by atoms with Crippen LogP contribution in [0.1, 0.15) is 19.4 Å². The average Bonchev–Trinajstić information content (AvgIpc) is 2.09. The van der Waals surface area contributed by atoms with Crippen molar-refractivity contribution in [3.8, 4) is 5.75 Å². The van der Waals surface area contributed by atoms with Crippen LogP contribution < -0.4 is 4.74 Å². The van der Waals surface area contributed by atoms with Crippen molar-refractivity contribution in [3.05, 3.63) is 28.2 Å². The quantitative estimate of drug-likeness (QED) is 0.775. The van der Waals surface area contributed by atoms with Crippen molar-refractivity contribution in [1.82, 2.24) is 0 Å². The van der Waals surface area contributed by atoms with E-state index in [0.717, 1.165) is 22.1 Å². The van der Waals surface area contributed by atoms with E-state index in [1.165, 1.54) is 0 Å². The van der Waals surface area contributed by atoms with Crippen LogP contribution in [0.3, 0.4) is 0 Å². The minimum Gasteiger partial charge on any atom is -0.491 e. The highest BCUT2D eigenvalue weighted by Crippen LogP contribution is 2.24. The molecular formula is C11H13BrO2. The fraction of sp³-hybridized carbons (Fsp3) is 0.364. The lowest BCUT2D eigenvalue weighted by Gasteiger charge is -2.13. The Kier molecular flexibility index (Phi) is 4.14. The first-order valence-electron chi connectivity index (χ1n) is 4.52. The van der Waals surface area contributed by atoms with Crippen LogP contribution in [-0.4, -0.2) is 12.4 Å². The molecule has 0 aliphatic heterocycles. The van der Waals surface area contributed by atoms with Gasteiger partial charge in [0.2, 0.25) is 0 Å². The highest BCUT2D eigenvalue weighted by Gasteiger charge is 2.05. The number of benzene rings is 1. The van der Waals surface area contributed by atoms with Crippen LogP contribution >= 0.6 is 15.9 Å². The minimum atomic E-state index is 0.120. The highest BCUT2D eigenvalue weighted by atomic mass is 79.9. The SMILES string of the molecule is CC(C)Oc1cc(Br)ccc1CC=O. The van der Waals surface area contributed by atoms with Crippen molar-refractivity contribution in [2.24, 2.45) is 0 Å². The number of ether oxygens (including phenoxy) is 1.